The van der Waals surface area contributed by atoms with E-state index in [1.807, 2.05) is 24.5 Å². The van der Waals surface area contributed by atoms with Crippen LogP contribution in [0.5, 0.6) is 0 Å². The van der Waals surface area contributed by atoms with E-state index in [1.165, 1.54) is 10.4 Å². The van der Waals surface area contributed by atoms with Crippen molar-refractivity contribution in [2.45, 2.75) is 32.7 Å². The lowest BCUT2D eigenvalue weighted by molar-refractivity contribution is 0.530. The summed E-state index contributed by atoms with van der Waals surface area (Å²) >= 11 is 1.82. The third-order valence-electron chi connectivity index (χ3n) is 2.96. The van der Waals surface area contributed by atoms with Crippen molar-refractivity contribution in [3.05, 3.63) is 52.0 Å². The fourth-order valence-electron chi connectivity index (χ4n) is 1.94. The maximum Gasteiger partial charge on any atom is 0.0384 e. The monoisotopic (exact) mass is 260 g/mol. The molecule has 2 aromatic heterocycles. The molecule has 0 saturated heterocycles. The van der Waals surface area contributed by atoms with Crippen LogP contribution in [0.4, 0.5) is 0 Å². The van der Waals surface area contributed by atoms with Crippen LogP contribution < -0.4 is 5.32 Å². The number of aromatic nitrogens is 1. The second-order valence-corrected chi connectivity index (χ2v) is 5.56. The number of aryl methyl sites for hydroxylation is 1. The van der Waals surface area contributed by atoms with Gasteiger partial charge in [-0.05, 0) is 43.0 Å². The van der Waals surface area contributed by atoms with Crippen molar-refractivity contribution in [3.63, 3.8) is 0 Å². The standard InChI is InChI=1S/C15H20N2S/c1-3-8-16-15(10-14-5-4-9-18-14)13-7-6-12(2)17-11-13/h4-7,9,11,15-16H,3,8,10H2,1-2H3. The van der Waals surface area contributed by atoms with Gasteiger partial charge in [0, 0.05) is 29.2 Å². The zero-order valence-corrected chi connectivity index (χ0v) is 11.8. The van der Waals surface area contributed by atoms with Crippen molar-refractivity contribution in [3.8, 4) is 0 Å². The smallest absolute Gasteiger partial charge is 0.0384 e. The van der Waals surface area contributed by atoms with Crippen LogP contribution in [0.25, 0.3) is 0 Å². The van der Waals surface area contributed by atoms with E-state index in [4.69, 9.17) is 0 Å². The Labute approximate surface area is 113 Å². The number of hydrogen-bond acceptors (Lipinski definition) is 3. The molecule has 2 aromatic rings. The maximum atomic E-state index is 4.40. The van der Waals surface area contributed by atoms with E-state index in [0.29, 0.717) is 6.04 Å². The Morgan fingerprint density at radius 1 is 1.33 bits per heavy atom. The average molecular weight is 260 g/mol. The van der Waals surface area contributed by atoms with E-state index in [1.54, 1.807) is 0 Å². The molecule has 0 radical (unpaired) electrons. The third kappa shape index (κ3) is 3.65. The fraction of sp³-hybridized carbons (Fsp3) is 0.400. The molecule has 0 fully saturated rings. The summed E-state index contributed by atoms with van der Waals surface area (Å²) in [5.41, 5.74) is 2.35. The molecule has 2 heterocycles. The topological polar surface area (TPSA) is 24.9 Å². The minimum atomic E-state index is 0.372. The van der Waals surface area contributed by atoms with Crippen LogP contribution in [0.15, 0.2) is 35.8 Å². The Kier molecular flexibility index (Phi) is 4.90. The fourth-order valence-corrected chi connectivity index (χ4v) is 2.69. The van der Waals surface area contributed by atoms with Gasteiger partial charge >= 0.3 is 0 Å². The molecule has 0 amide bonds. The van der Waals surface area contributed by atoms with Gasteiger partial charge in [-0.15, -0.1) is 11.3 Å². The molecule has 0 aliphatic carbocycles. The molecule has 2 nitrogen and oxygen atoms in total. The van der Waals surface area contributed by atoms with Gasteiger partial charge in [-0.3, -0.25) is 4.98 Å². The van der Waals surface area contributed by atoms with Gasteiger partial charge in [0.25, 0.3) is 0 Å². The Bertz CT molecular complexity index is 448. The van der Waals surface area contributed by atoms with Crippen LogP contribution in [0.3, 0.4) is 0 Å². The van der Waals surface area contributed by atoms with Crippen molar-refractivity contribution >= 4 is 11.3 Å². The minimum absolute atomic E-state index is 0.372. The van der Waals surface area contributed by atoms with Gasteiger partial charge in [-0.1, -0.05) is 19.1 Å². The molecule has 0 saturated carbocycles. The molecule has 1 N–H and O–H groups in total. The Hall–Kier alpha value is -1.19. The number of pyridine rings is 1. The molecule has 3 heteroatoms. The zero-order valence-electron chi connectivity index (χ0n) is 11.0. The van der Waals surface area contributed by atoms with E-state index in [9.17, 15) is 0 Å². The summed E-state index contributed by atoms with van der Waals surface area (Å²) in [6, 6.07) is 8.96. The van der Waals surface area contributed by atoms with Crippen molar-refractivity contribution in [2.75, 3.05) is 6.54 Å². The number of hydrogen-bond donors (Lipinski definition) is 1. The summed E-state index contributed by atoms with van der Waals surface area (Å²) in [6.45, 7) is 5.27. The summed E-state index contributed by atoms with van der Waals surface area (Å²) in [6.07, 6.45) is 4.19. The molecule has 18 heavy (non-hydrogen) atoms. The maximum absolute atomic E-state index is 4.40. The van der Waals surface area contributed by atoms with Gasteiger partial charge in [0.2, 0.25) is 0 Å². The van der Waals surface area contributed by atoms with Gasteiger partial charge in [0.05, 0.1) is 0 Å². The Morgan fingerprint density at radius 3 is 2.83 bits per heavy atom. The highest BCUT2D eigenvalue weighted by Crippen LogP contribution is 2.21. The Morgan fingerprint density at radius 2 is 2.22 bits per heavy atom. The normalized spacial score (nSPS) is 12.6. The first-order chi connectivity index (χ1) is 8.79. The first-order valence-electron chi connectivity index (χ1n) is 6.48. The summed E-state index contributed by atoms with van der Waals surface area (Å²) in [7, 11) is 0. The largest absolute Gasteiger partial charge is 0.310 e. The van der Waals surface area contributed by atoms with Crippen LogP contribution in [0.1, 0.15) is 35.5 Å². The van der Waals surface area contributed by atoms with Crippen LogP contribution in [0.2, 0.25) is 0 Å². The van der Waals surface area contributed by atoms with E-state index >= 15 is 0 Å². The van der Waals surface area contributed by atoms with Gasteiger partial charge in [-0.2, -0.15) is 0 Å². The second kappa shape index (κ2) is 6.66. The summed E-state index contributed by atoms with van der Waals surface area (Å²) < 4.78 is 0. The van der Waals surface area contributed by atoms with Crippen molar-refractivity contribution < 1.29 is 0 Å². The van der Waals surface area contributed by atoms with Crippen LogP contribution >= 0.6 is 11.3 Å². The SMILES string of the molecule is CCCNC(Cc1cccs1)c1ccc(C)nc1. The lowest BCUT2D eigenvalue weighted by Crippen LogP contribution is -2.24. The molecule has 0 bridgehead atoms. The van der Waals surface area contributed by atoms with Gasteiger partial charge in [0.15, 0.2) is 0 Å². The van der Waals surface area contributed by atoms with E-state index in [0.717, 1.165) is 25.1 Å². The highest BCUT2D eigenvalue weighted by Gasteiger charge is 2.12. The number of nitrogens with zero attached hydrogens (tertiary/aromatic N) is 1. The number of rotatable bonds is 6. The molecular weight excluding hydrogens is 240 g/mol. The quantitative estimate of drug-likeness (QED) is 0.856. The zero-order chi connectivity index (χ0) is 12.8. The molecule has 0 spiro atoms. The molecule has 1 atom stereocenters. The Balaban J connectivity index is 2.11. The summed E-state index contributed by atoms with van der Waals surface area (Å²) in [4.78, 5) is 5.82. The van der Waals surface area contributed by atoms with E-state index in [2.05, 4.69) is 46.9 Å². The van der Waals surface area contributed by atoms with Crippen LogP contribution in [-0.2, 0) is 6.42 Å². The molecule has 1 unspecified atom stereocenters. The summed E-state index contributed by atoms with van der Waals surface area (Å²) in [5, 5.41) is 5.75. The molecule has 0 aliphatic heterocycles. The van der Waals surface area contributed by atoms with Gasteiger partial charge < -0.3 is 5.32 Å². The lowest BCUT2D eigenvalue weighted by Gasteiger charge is -2.18. The van der Waals surface area contributed by atoms with Crippen LogP contribution in [-0.4, -0.2) is 11.5 Å². The van der Waals surface area contributed by atoms with Crippen molar-refractivity contribution in [1.82, 2.24) is 10.3 Å². The van der Waals surface area contributed by atoms with E-state index in [-0.39, 0.29) is 0 Å². The second-order valence-electron chi connectivity index (χ2n) is 4.52. The first kappa shape index (κ1) is 13.2. The predicted molar refractivity (Wildman–Crippen MR) is 78.0 cm³/mol. The molecule has 96 valence electrons. The predicted octanol–water partition coefficient (Wildman–Crippen LogP) is 3.73. The molecular formula is C15H20N2S. The van der Waals surface area contributed by atoms with Gasteiger partial charge in [0.1, 0.15) is 0 Å². The number of nitrogens with one attached hydrogen (secondary N) is 1. The molecule has 2 rings (SSSR count). The highest BCUT2D eigenvalue weighted by molar-refractivity contribution is 7.09. The van der Waals surface area contributed by atoms with Crippen molar-refractivity contribution in [2.24, 2.45) is 0 Å². The van der Waals surface area contributed by atoms with E-state index < -0.39 is 0 Å². The number of thiophene rings is 1. The van der Waals surface area contributed by atoms with Crippen molar-refractivity contribution in [1.29, 1.82) is 0 Å². The van der Waals surface area contributed by atoms with Gasteiger partial charge in [-0.25, -0.2) is 0 Å². The van der Waals surface area contributed by atoms with Crippen LogP contribution in [0, 0.1) is 6.92 Å². The lowest BCUT2D eigenvalue weighted by atomic mass is 10.0. The highest BCUT2D eigenvalue weighted by atomic mass is 32.1. The molecule has 0 aliphatic rings. The third-order valence-corrected chi connectivity index (χ3v) is 3.86. The summed E-state index contributed by atoms with van der Waals surface area (Å²) in [5.74, 6) is 0. The molecule has 0 aromatic carbocycles. The average Bonchev–Trinajstić information content (AvgIpc) is 2.88. The first-order valence-corrected chi connectivity index (χ1v) is 7.36. The minimum Gasteiger partial charge on any atom is -0.310 e.